The van der Waals surface area contributed by atoms with Crippen LogP contribution in [0.4, 0.5) is 0 Å². The molecular formula is C20H23ClN2O. The second-order valence-corrected chi connectivity index (χ2v) is 6.94. The number of ether oxygens (including phenoxy) is 1. The Kier molecular flexibility index (Phi) is 5.10. The number of rotatable bonds is 6. The van der Waals surface area contributed by atoms with Gasteiger partial charge in [-0.1, -0.05) is 37.6 Å². The van der Waals surface area contributed by atoms with Crippen molar-refractivity contribution in [1.29, 1.82) is 0 Å². The highest BCUT2D eigenvalue weighted by Gasteiger charge is 2.18. The average molecular weight is 343 g/mol. The predicted molar refractivity (Wildman–Crippen MR) is 99.7 cm³/mol. The number of aromatic nitrogens is 2. The Hall–Kier alpha value is -2.00. The van der Waals surface area contributed by atoms with E-state index in [0.717, 1.165) is 30.1 Å². The maximum atomic E-state index is 6.09. The predicted octanol–water partition coefficient (Wildman–Crippen LogP) is 5.88. The van der Waals surface area contributed by atoms with Crippen molar-refractivity contribution in [3.8, 4) is 5.75 Å². The number of aryl methyl sites for hydroxylation is 1. The number of fused-ring (bicyclic) bond motifs is 1. The fraction of sp³-hybridized carbons (Fsp3) is 0.350. The molecule has 3 aromatic rings. The van der Waals surface area contributed by atoms with Gasteiger partial charge < -0.3 is 9.30 Å². The number of hydrogen-bond donors (Lipinski definition) is 0. The summed E-state index contributed by atoms with van der Waals surface area (Å²) in [4.78, 5) is 4.82. The summed E-state index contributed by atoms with van der Waals surface area (Å²) in [6.45, 7) is 7.47. The van der Waals surface area contributed by atoms with E-state index < -0.39 is 0 Å². The van der Waals surface area contributed by atoms with Crippen LogP contribution in [0.25, 0.3) is 11.0 Å². The molecule has 0 aliphatic carbocycles. The largest absolute Gasteiger partial charge is 0.483 e. The molecule has 0 bridgehead atoms. The van der Waals surface area contributed by atoms with Crippen molar-refractivity contribution >= 4 is 22.6 Å². The van der Waals surface area contributed by atoms with Crippen LogP contribution in [-0.2, 0) is 6.54 Å². The van der Waals surface area contributed by atoms with Crippen LogP contribution in [0, 0.1) is 5.92 Å². The van der Waals surface area contributed by atoms with E-state index in [2.05, 4.69) is 36.6 Å². The van der Waals surface area contributed by atoms with E-state index in [0.29, 0.717) is 10.9 Å². The van der Waals surface area contributed by atoms with Crippen LogP contribution in [-0.4, -0.2) is 9.55 Å². The van der Waals surface area contributed by atoms with Crippen molar-refractivity contribution in [2.45, 2.75) is 39.8 Å². The molecule has 1 atom stereocenters. The van der Waals surface area contributed by atoms with E-state index >= 15 is 0 Å². The molecule has 1 heterocycles. The average Bonchev–Trinajstić information content (AvgIpc) is 2.94. The summed E-state index contributed by atoms with van der Waals surface area (Å²) in [6.07, 6.45) is 0.979. The molecule has 0 saturated heterocycles. The zero-order chi connectivity index (χ0) is 17.1. The lowest BCUT2D eigenvalue weighted by Gasteiger charge is -2.17. The molecule has 0 radical (unpaired) electrons. The minimum atomic E-state index is -0.134. The summed E-state index contributed by atoms with van der Waals surface area (Å²) in [5.41, 5.74) is 2.18. The second kappa shape index (κ2) is 7.27. The highest BCUT2D eigenvalue weighted by Crippen LogP contribution is 2.26. The van der Waals surface area contributed by atoms with E-state index in [4.69, 9.17) is 21.3 Å². The summed E-state index contributed by atoms with van der Waals surface area (Å²) < 4.78 is 8.38. The summed E-state index contributed by atoms with van der Waals surface area (Å²) in [5.74, 6) is 2.41. The van der Waals surface area contributed by atoms with E-state index in [1.807, 2.05) is 37.3 Å². The van der Waals surface area contributed by atoms with Gasteiger partial charge in [0.2, 0.25) is 0 Å². The minimum absolute atomic E-state index is 0.134. The fourth-order valence-corrected chi connectivity index (χ4v) is 2.92. The number of hydrogen-bond acceptors (Lipinski definition) is 2. The zero-order valence-corrected chi connectivity index (χ0v) is 15.1. The topological polar surface area (TPSA) is 27.1 Å². The lowest BCUT2D eigenvalue weighted by Crippen LogP contribution is -2.13. The molecule has 2 aromatic carbocycles. The Balaban J connectivity index is 1.91. The number of imidazole rings is 1. The van der Waals surface area contributed by atoms with E-state index in [1.165, 1.54) is 5.52 Å². The van der Waals surface area contributed by atoms with Crippen LogP contribution in [0.15, 0.2) is 48.5 Å². The van der Waals surface area contributed by atoms with Gasteiger partial charge in [0, 0.05) is 11.6 Å². The summed E-state index contributed by atoms with van der Waals surface area (Å²) in [6, 6.07) is 15.7. The lowest BCUT2D eigenvalue weighted by molar-refractivity contribution is 0.211. The van der Waals surface area contributed by atoms with Gasteiger partial charge in [-0.25, -0.2) is 4.98 Å². The number of benzene rings is 2. The molecular weight excluding hydrogens is 320 g/mol. The molecule has 0 aliphatic rings. The molecule has 126 valence electrons. The Morgan fingerprint density at radius 2 is 1.75 bits per heavy atom. The van der Waals surface area contributed by atoms with Crippen molar-refractivity contribution < 1.29 is 4.74 Å². The third-order valence-corrected chi connectivity index (χ3v) is 4.36. The van der Waals surface area contributed by atoms with Crippen molar-refractivity contribution in [3.63, 3.8) is 0 Å². The van der Waals surface area contributed by atoms with Crippen molar-refractivity contribution in [2.75, 3.05) is 0 Å². The summed E-state index contributed by atoms with van der Waals surface area (Å²) >= 11 is 5.94. The monoisotopic (exact) mass is 342 g/mol. The van der Waals surface area contributed by atoms with Crippen LogP contribution >= 0.6 is 11.6 Å². The van der Waals surface area contributed by atoms with Gasteiger partial charge in [0.05, 0.1) is 11.0 Å². The third kappa shape index (κ3) is 3.73. The van der Waals surface area contributed by atoms with Crippen LogP contribution < -0.4 is 4.74 Å². The number of halogens is 1. The highest BCUT2D eigenvalue weighted by atomic mass is 35.5. The molecule has 1 unspecified atom stereocenters. The summed E-state index contributed by atoms with van der Waals surface area (Å²) in [7, 11) is 0. The van der Waals surface area contributed by atoms with Crippen LogP contribution in [0.2, 0.25) is 5.02 Å². The lowest BCUT2D eigenvalue weighted by atomic mass is 10.1. The third-order valence-electron chi connectivity index (χ3n) is 4.10. The van der Waals surface area contributed by atoms with Gasteiger partial charge in [-0.2, -0.15) is 0 Å². The first-order chi connectivity index (χ1) is 11.5. The first-order valence-corrected chi connectivity index (χ1v) is 8.80. The fourth-order valence-electron chi connectivity index (χ4n) is 2.80. The molecule has 3 nitrogen and oxygen atoms in total. The SMILES string of the molecule is CC(C)CCn1c(C(C)Oc2ccc(Cl)cc2)nc2ccccc21. The number of nitrogens with zero attached hydrogens (tertiary/aromatic N) is 2. The first-order valence-electron chi connectivity index (χ1n) is 8.42. The molecule has 0 fully saturated rings. The quantitative estimate of drug-likeness (QED) is 0.559. The van der Waals surface area contributed by atoms with E-state index in [-0.39, 0.29) is 6.10 Å². The van der Waals surface area contributed by atoms with Gasteiger partial charge in [0.1, 0.15) is 5.75 Å². The van der Waals surface area contributed by atoms with Gasteiger partial charge in [0.25, 0.3) is 0 Å². The van der Waals surface area contributed by atoms with Gasteiger partial charge in [0.15, 0.2) is 11.9 Å². The molecule has 4 heteroatoms. The van der Waals surface area contributed by atoms with Crippen molar-refractivity contribution in [2.24, 2.45) is 5.92 Å². The van der Waals surface area contributed by atoms with Crippen LogP contribution in [0.1, 0.15) is 39.1 Å². The molecule has 0 aliphatic heterocycles. The molecule has 0 saturated carbocycles. The first kappa shape index (κ1) is 16.8. The zero-order valence-electron chi connectivity index (χ0n) is 14.4. The van der Waals surface area contributed by atoms with Crippen LogP contribution in [0.5, 0.6) is 5.75 Å². The van der Waals surface area contributed by atoms with Gasteiger partial charge in [-0.15, -0.1) is 0 Å². The molecule has 0 amide bonds. The molecule has 3 rings (SSSR count). The van der Waals surface area contributed by atoms with E-state index in [1.54, 1.807) is 0 Å². The molecule has 0 N–H and O–H groups in total. The maximum Gasteiger partial charge on any atom is 0.153 e. The normalized spacial score (nSPS) is 12.7. The Bertz CT molecular complexity index is 808. The van der Waals surface area contributed by atoms with Gasteiger partial charge in [-0.3, -0.25) is 0 Å². The highest BCUT2D eigenvalue weighted by molar-refractivity contribution is 6.30. The Morgan fingerprint density at radius 3 is 2.46 bits per heavy atom. The summed E-state index contributed by atoms with van der Waals surface area (Å²) in [5, 5.41) is 0.708. The standard InChI is InChI=1S/C20H23ClN2O/c1-14(2)12-13-23-19-7-5-4-6-18(19)22-20(23)15(3)24-17-10-8-16(21)9-11-17/h4-11,14-15H,12-13H2,1-3H3. The van der Waals surface area contributed by atoms with Crippen molar-refractivity contribution in [3.05, 3.63) is 59.4 Å². The molecule has 1 aromatic heterocycles. The minimum Gasteiger partial charge on any atom is -0.483 e. The second-order valence-electron chi connectivity index (χ2n) is 6.51. The number of para-hydroxylation sites is 2. The molecule has 0 spiro atoms. The Labute approximate surface area is 148 Å². The molecule has 24 heavy (non-hydrogen) atoms. The van der Waals surface area contributed by atoms with Gasteiger partial charge in [-0.05, 0) is 55.7 Å². The van der Waals surface area contributed by atoms with Crippen LogP contribution in [0.3, 0.4) is 0 Å². The maximum absolute atomic E-state index is 6.09. The van der Waals surface area contributed by atoms with Crippen molar-refractivity contribution in [1.82, 2.24) is 9.55 Å². The Morgan fingerprint density at radius 1 is 1.04 bits per heavy atom. The smallest absolute Gasteiger partial charge is 0.153 e. The van der Waals surface area contributed by atoms with Gasteiger partial charge >= 0.3 is 0 Å². The van der Waals surface area contributed by atoms with E-state index in [9.17, 15) is 0 Å².